The van der Waals surface area contributed by atoms with Crippen LogP contribution in [-0.2, 0) is 0 Å². The summed E-state index contributed by atoms with van der Waals surface area (Å²) in [6.45, 7) is 6.79. The van der Waals surface area contributed by atoms with Crippen LogP contribution in [0.15, 0.2) is 0 Å². The third-order valence-electron chi connectivity index (χ3n) is 2.75. The Hall–Kier alpha value is 0.580. The fourth-order valence-corrected chi connectivity index (χ4v) is 7.68. The van der Waals surface area contributed by atoms with Crippen molar-refractivity contribution < 1.29 is 0 Å². The zero-order valence-electron chi connectivity index (χ0n) is 11.6. The van der Waals surface area contributed by atoms with E-state index in [0.717, 1.165) is 13.1 Å². The number of nitrogens with zero attached hydrogens (tertiary/aromatic N) is 2. The van der Waals surface area contributed by atoms with E-state index in [-0.39, 0.29) is 0 Å². The van der Waals surface area contributed by atoms with Gasteiger partial charge in [0.25, 0.3) is 0 Å². The molecule has 0 aromatic carbocycles. The second-order valence-electron chi connectivity index (χ2n) is 4.51. The van der Waals surface area contributed by atoms with E-state index in [1.165, 1.54) is 0 Å². The first-order chi connectivity index (χ1) is 6.69. The van der Waals surface area contributed by atoms with Crippen LogP contribution in [0.25, 0.3) is 0 Å². The average molecular weight is 255 g/mol. The third kappa shape index (κ3) is 3.82. The van der Waals surface area contributed by atoms with Gasteiger partial charge in [0.05, 0.1) is 0 Å². The van der Waals surface area contributed by atoms with Crippen LogP contribution >= 0.6 is 18.5 Å². The Labute approximate surface area is 98.9 Å². The molecular weight excluding hydrogens is 226 g/mol. The molecule has 0 amide bonds. The van der Waals surface area contributed by atoms with Crippen LogP contribution in [0.3, 0.4) is 0 Å². The summed E-state index contributed by atoms with van der Waals surface area (Å²) in [5.41, 5.74) is 0. The molecule has 96 valence electrons. The first kappa shape index (κ1) is 15.6. The highest BCUT2D eigenvalue weighted by Gasteiger charge is 2.32. The Morgan fingerprint density at radius 3 is 1.60 bits per heavy atom. The molecule has 5 heteroatoms. The van der Waals surface area contributed by atoms with Crippen LogP contribution in [0.5, 0.6) is 0 Å². The van der Waals surface area contributed by atoms with Crippen LogP contribution < -0.4 is 4.83 Å². The van der Waals surface area contributed by atoms with Gasteiger partial charge in [-0.05, 0) is 25.0 Å². The number of hydrazine groups is 1. The van der Waals surface area contributed by atoms with Gasteiger partial charge in [0.1, 0.15) is 0 Å². The molecule has 3 nitrogen and oxygen atoms in total. The van der Waals surface area contributed by atoms with Gasteiger partial charge in [-0.15, -0.1) is 18.5 Å². The summed E-state index contributed by atoms with van der Waals surface area (Å²) in [5.74, 6) is 0. The molecule has 0 atom stereocenters. The molecule has 0 saturated heterocycles. The molecule has 0 aliphatic carbocycles. The average Bonchev–Trinajstić information content (AvgIpc) is 2.02. The number of nitrogens with one attached hydrogen (secondary N) is 1. The Kier molecular flexibility index (Phi) is 6.00. The molecule has 0 heterocycles. The Morgan fingerprint density at radius 2 is 1.33 bits per heavy atom. The Bertz CT molecular complexity index is 189. The molecule has 0 radical (unpaired) electrons. The molecule has 0 aliphatic heterocycles. The van der Waals surface area contributed by atoms with Crippen molar-refractivity contribution in [2.45, 2.75) is 13.8 Å². The molecule has 0 spiro atoms. The van der Waals surface area contributed by atoms with Crippen LogP contribution in [0.1, 0.15) is 13.8 Å². The lowest BCUT2D eigenvalue weighted by atomic mass is 10.7. The molecule has 0 bridgehead atoms. The van der Waals surface area contributed by atoms with E-state index in [2.05, 4.69) is 67.1 Å². The minimum Gasteiger partial charge on any atom is -0.260 e. The number of rotatable bonds is 6. The predicted octanol–water partition coefficient (Wildman–Crippen LogP) is 2.27. The minimum absolute atomic E-state index is 0.732. The van der Waals surface area contributed by atoms with Crippen molar-refractivity contribution in [3.63, 3.8) is 0 Å². The van der Waals surface area contributed by atoms with Gasteiger partial charge in [-0.1, -0.05) is 13.8 Å². The maximum absolute atomic E-state index is 3.62. The molecule has 15 heavy (non-hydrogen) atoms. The fraction of sp³-hybridized carbons (Fsp3) is 1.00. The quantitative estimate of drug-likeness (QED) is 0.580. The lowest BCUT2D eigenvalue weighted by molar-refractivity contribution is 0.382. The summed E-state index contributed by atoms with van der Waals surface area (Å²) in [5, 5.41) is 2.09. The Balaban J connectivity index is 4.80. The summed E-state index contributed by atoms with van der Waals surface area (Å²) >= 11 is 0. The first-order valence-electron chi connectivity index (χ1n) is 5.35. The third-order valence-corrected chi connectivity index (χ3v) is 14.3. The molecule has 1 N–H and O–H groups in total. The van der Waals surface area contributed by atoms with Crippen molar-refractivity contribution in [1.29, 1.82) is 0 Å². The van der Waals surface area contributed by atoms with Crippen LogP contribution in [0.4, 0.5) is 0 Å². The predicted molar refractivity (Wildman–Crippen MR) is 78.6 cm³/mol. The molecule has 0 fully saturated rings. The molecule has 0 saturated carbocycles. The van der Waals surface area contributed by atoms with Crippen molar-refractivity contribution >= 4 is 18.5 Å². The summed E-state index contributed by atoms with van der Waals surface area (Å²) in [7, 11) is 2.62. The van der Waals surface area contributed by atoms with Gasteiger partial charge in [0.15, 0.2) is 0 Å². The van der Waals surface area contributed by atoms with E-state index in [9.17, 15) is 0 Å². The molecular formula is C10H29N3S2. The van der Waals surface area contributed by atoms with Gasteiger partial charge in [0, 0.05) is 27.2 Å². The largest absolute Gasteiger partial charge is 0.260 e. The summed E-state index contributed by atoms with van der Waals surface area (Å²) in [4.78, 5) is 3.62. The van der Waals surface area contributed by atoms with Crippen LogP contribution in [0, 0.1) is 0 Å². The van der Waals surface area contributed by atoms with E-state index in [0.29, 0.717) is 0 Å². The molecule has 0 aliphatic rings. The standard InChI is InChI=1S/C10H29N3S2/c1-9-13(10-2)15(7,8)14(5,6)11-12(3)4/h11H,9-10H2,1-8H3. The minimum atomic E-state index is -0.797. The number of hydrogen-bond donors (Lipinski definition) is 1. The van der Waals surface area contributed by atoms with Crippen molar-refractivity contribution in [3.05, 3.63) is 0 Å². The second kappa shape index (κ2) is 5.77. The normalized spacial score (nSPS) is 16.1. The van der Waals surface area contributed by atoms with Crippen molar-refractivity contribution in [2.75, 3.05) is 52.2 Å². The highest BCUT2D eigenvalue weighted by molar-refractivity contribution is 9.06. The monoisotopic (exact) mass is 255 g/mol. The molecule has 0 rings (SSSR count). The number of hydrogen-bond acceptors (Lipinski definition) is 3. The van der Waals surface area contributed by atoms with Crippen LogP contribution in [-0.4, -0.2) is 61.5 Å². The van der Waals surface area contributed by atoms with E-state index in [1.54, 1.807) is 0 Å². The second-order valence-corrected chi connectivity index (χ2v) is 15.0. The summed E-state index contributed by atoms with van der Waals surface area (Å²) in [6.07, 6.45) is 9.60. The van der Waals surface area contributed by atoms with Gasteiger partial charge in [0.2, 0.25) is 0 Å². The first-order valence-corrected chi connectivity index (χ1v) is 10.7. The van der Waals surface area contributed by atoms with Crippen LogP contribution in [0.2, 0.25) is 0 Å². The van der Waals surface area contributed by atoms with E-state index in [4.69, 9.17) is 0 Å². The zero-order valence-corrected chi connectivity index (χ0v) is 13.3. The topological polar surface area (TPSA) is 18.5 Å². The van der Waals surface area contributed by atoms with Gasteiger partial charge in [-0.25, -0.2) is 9.84 Å². The van der Waals surface area contributed by atoms with Crippen molar-refractivity contribution in [2.24, 2.45) is 0 Å². The van der Waals surface area contributed by atoms with Crippen molar-refractivity contribution in [1.82, 2.24) is 14.1 Å². The summed E-state index contributed by atoms with van der Waals surface area (Å²) in [6, 6.07) is 0. The van der Waals surface area contributed by atoms with E-state index >= 15 is 0 Å². The zero-order chi connectivity index (χ0) is 12.3. The summed E-state index contributed by atoms with van der Waals surface area (Å²) < 4.78 is 2.61. The Morgan fingerprint density at radius 1 is 0.933 bits per heavy atom. The van der Waals surface area contributed by atoms with Gasteiger partial charge < -0.3 is 0 Å². The maximum Gasteiger partial charge on any atom is 0.00529 e. The molecule has 0 aromatic rings. The smallest absolute Gasteiger partial charge is 0.00529 e. The highest BCUT2D eigenvalue weighted by atomic mass is 33.2. The fourth-order valence-electron chi connectivity index (χ4n) is 1.64. The van der Waals surface area contributed by atoms with Gasteiger partial charge in [-0.2, -0.15) is 0 Å². The van der Waals surface area contributed by atoms with Crippen molar-refractivity contribution in [3.8, 4) is 0 Å². The van der Waals surface area contributed by atoms with E-state index < -0.39 is 18.5 Å². The lowest BCUT2D eigenvalue weighted by Gasteiger charge is -2.57. The lowest BCUT2D eigenvalue weighted by Crippen LogP contribution is -2.39. The highest BCUT2D eigenvalue weighted by Crippen LogP contribution is 2.73. The molecule has 0 aromatic heterocycles. The van der Waals surface area contributed by atoms with E-state index in [1.807, 2.05) is 0 Å². The maximum atomic E-state index is 3.62. The van der Waals surface area contributed by atoms with Gasteiger partial charge in [-0.3, -0.25) is 4.31 Å². The molecule has 0 unspecified atom stereocenters. The SMILES string of the molecule is CCN(CC)S(C)(C)S(C)(C)NN(C)C. The van der Waals surface area contributed by atoms with Gasteiger partial charge >= 0.3 is 0 Å².